The standard InChI is InChI=1S/C17H20ClNO.ClH/c1-3-20-17-9-8-15(10-16(17)18)12-19-11-14-6-4-13(2)5-7-14;/h4-10,19H,3,11-12H2,1-2H3;1H. The molecule has 114 valence electrons. The summed E-state index contributed by atoms with van der Waals surface area (Å²) < 4.78 is 5.42. The molecule has 0 aromatic heterocycles. The first-order chi connectivity index (χ1) is 9.69. The van der Waals surface area contributed by atoms with Crippen molar-refractivity contribution < 1.29 is 4.74 Å². The predicted molar refractivity (Wildman–Crippen MR) is 91.6 cm³/mol. The van der Waals surface area contributed by atoms with Crippen molar-refractivity contribution in [2.75, 3.05) is 6.61 Å². The van der Waals surface area contributed by atoms with E-state index in [0.29, 0.717) is 11.6 Å². The van der Waals surface area contributed by atoms with Gasteiger partial charge in [0, 0.05) is 13.1 Å². The predicted octanol–water partition coefficient (Wildman–Crippen LogP) is 4.76. The zero-order valence-corrected chi connectivity index (χ0v) is 13.9. The zero-order valence-electron chi connectivity index (χ0n) is 12.4. The summed E-state index contributed by atoms with van der Waals surface area (Å²) in [4.78, 5) is 0. The third kappa shape index (κ3) is 5.58. The van der Waals surface area contributed by atoms with Crippen molar-refractivity contribution >= 4 is 24.0 Å². The quantitative estimate of drug-likeness (QED) is 0.826. The van der Waals surface area contributed by atoms with Crippen LogP contribution in [0.3, 0.4) is 0 Å². The molecule has 2 nitrogen and oxygen atoms in total. The van der Waals surface area contributed by atoms with Gasteiger partial charge in [-0.2, -0.15) is 0 Å². The van der Waals surface area contributed by atoms with Gasteiger partial charge in [-0.15, -0.1) is 12.4 Å². The Kier molecular flexibility index (Phi) is 7.58. The number of benzene rings is 2. The van der Waals surface area contributed by atoms with Crippen LogP contribution in [0.15, 0.2) is 42.5 Å². The number of aryl methyl sites for hydroxylation is 1. The van der Waals surface area contributed by atoms with Crippen LogP contribution in [0.1, 0.15) is 23.6 Å². The second kappa shape index (κ2) is 8.93. The number of hydrogen-bond donors (Lipinski definition) is 1. The van der Waals surface area contributed by atoms with Crippen LogP contribution in [0, 0.1) is 6.92 Å². The Morgan fingerprint density at radius 1 is 1.00 bits per heavy atom. The fourth-order valence-electron chi connectivity index (χ4n) is 1.98. The minimum atomic E-state index is 0. The SMILES string of the molecule is CCOc1ccc(CNCc2ccc(C)cc2)cc1Cl.Cl. The van der Waals surface area contributed by atoms with E-state index in [1.54, 1.807) is 0 Å². The van der Waals surface area contributed by atoms with Gasteiger partial charge in [-0.25, -0.2) is 0 Å². The van der Waals surface area contributed by atoms with Crippen LogP contribution < -0.4 is 10.1 Å². The third-order valence-electron chi connectivity index (χ3n) is 3.07. The third-order valence-corrected chi connectivity index (χ3v) is 3.37. The Balaban J connectivity index is 0.00000220. The summed E-state index contributed by atoms with van der Waals surface area (Å²) in [5, 5.41) is 4.08. The summed E-state index contributed by atoms with van der Waals surface area (Å²) in [6, 6.07) is 14.5. The number of hydrogen-bond acceptors (Lipinski definition) is 2. The summed E-state index contributed by atoms with van der Waals surface area (Å²) in [6.07, 6.45) is 0. The van der Waals surface area contributed by atoms with E-state index >= 15 is 0 Å². The van der Waals surface area contributed by atoms with Crippen molar-refractivity contribution in [2.24, 2.45) is 0 Å². The van der Waals surface area contributed by atoms with Crippen molar-refractivity contribution in [3.63, 3.8) is 0 Å². The van der Waals surface area contributed by atoms with Crippen LogP contribution in [-0.4, -0.2) is 6.61 Å². The molecule has 0 heterocycles. The lowest BCUT2D eigenvalue weighted by Crippen LogP contribution is -2.12. The first-order valence-corrected chi connectivity index (χ1v) is 7.24. The van der Waals surface area contributed by atoms with E-state index < -0.39 is 0 Å². The Hall–Kier alpha value is -1.22. The van der Waals surface area contributed by atoms with E-state index in [1.165, 1.54) is 11.1 Å². The summed E-state index contributed by atoms with van der Waals surface area (Å²) in [5.41, 5.74) is 3.73. The number of ether oxygens (including phenoxy) is 1. The highest BCUT2D eigenvalue weighted by atomic mass is 35.5. The van der Waals surface area contributed by atoms with Gasteiger partial charge in [-0.3, -0.25) is 0 Å². The molecule has 2 rings (SSSR count). The molecule has 0 aliphatic heterocycles. The molecular formula is C17H21Cl2NO. The van der Waals surface area contributed by atoms with Crippen LogP contribution in [0.25, 0.3) is 0 Å². The fourth-order valence-corrected chi connectivity index (χ4v) is 2.24. The molecule has 2 aromatic rings. The van der Waals surface area contributed by atoms with Crippen LogP contribution in [0.5, 0.6) is 5.75 Å². The fraction of sp³-hybridized carbons (Fsp3) is 0.294. The lowest BCUT2D eigenvalue weighted by Gasteiger charge is -2.09. The molecule has 0 bridgehead atoms. The van der Waals surface area contributed by atoms with Crippen molar-refractivity contribution in [2.45, 2.75) is 26.9 Å². The average Bonchev–Trinajstić information content (AvgIpc) is 2.44. The van der Waals surface area contributed by atoms with Gasteiger partial charge in [0.1, 0.15) is 5.75 Å². The van der Waals surface area contributed by atoms with Crippen molar-refractivity contribution in [3.05, 3.63) is 64.2 Å². The molecule has 0 amide bonds. The molecule has 0 aliphatic carbocycles. The maximum atomic E-state index is 6.17. The number of rotatable bonds is 6. The maximum Gasteiger partial charge on any atom is 0.137 e. The van der Waals surface area contributed by atoms with Crippen LogP contribution in [-0.2, 0) is 13.1 Å². The van der Waals surface area contributed by atoms with Crippen LogP contribution in [0.2, 0.25) is 5.02 Å². The molecule has 0 radical (unpaired) electrons. The summed E-state index contributed by atoms with van der Waals surface area (Å²) >= 11 is 6.17. The Morgan fingerprint density at radius 2 is 1.62 bits per heavy atom. The topological polar surface area (TPSA) is 21.3 Å². The molecule has 0 spiro atoms. The molecular weight excluding hydrogens is 305 g/mol. The summed E-state index contributed by atoms with van der Waals surface area (Å²) in [6.45, 7) is 6.32. The highest BCUT2D eigenvalue weighted by Gasteiger charge is 2.02. The van der Waals surface area contributed by atoms with Gasteiger partial charge in [0.05, 0.1) is 11.6 Å². The molecule has 1 N–H and O–H groups in total. The molecule has 0 unspecified atom stereocenters. The van der Waals surface area contributed by atoms with Gasteiger partial charge in [0.2, 0.25) is 0 Å². The average molecular weight is 326 g/mol. The summed E-state index contributed by atoms with van der Waals surface area (Å²) in [5.74, 6) is 0.747. The van der Waals surface area contributed by atoms with E-state index in [-0.39, 0.29) is 12.4 Å². The molecule has 0 saturated heterocycles. The molecule has 0 atom stereocenters. The van der Waals surface area contributed by atoms with Gasteiger partial charge < -0.3 is 10.1 Å². The van der Waals surface area contributed by atoms with Gasteiger partial charge in [-0.1, -0.05) is 47.5 Å². The Bertz CT molecular complexity index is 555. The minimum Gasteiger partial charge on any atom is -0.492 e. The van der Waals surface area contributed by atoms with Gasteiger partial charge in [-0.05, 0) is 37.1 Å². The van der Waals surface area contributed by atoms with Gasteiger partial charge in [0.25, 0.3) is 0 Å². The van der Waals surface area contributed by atoms with Gasteiger partial charge in [0.15, 0.2) is 0 Å². The normalized spacial score (nSPS) is 10.0. The second-order valence-electron chi connectivity index (χ2n) is 4.79. The largest absolute Gasteiger partial charge is 0.492 e. The molecule has 0 fully saturated rings. The minimum absolute atomic E-state index is 0. The Morgan fingerprint density at radius 3 is 2.24 bits per heavy atom. The summed E-state index contributed by atoms with van der Waals surface area (Å²) in [7, 11) is 0. The zero-order chi connectivity index (χ0) is 14.4. The van der Waals surface area contributed by atoms with E-state index in [0.717, 1.165) is 24.4 Å². The molecule has 0 saturated carbocycles. The van der Waals surface area contributed by atoms with Crippen molar-refractivity contribution in [1.82, 2.24) is 5.32 Å². The smallest absolute Gasteiger partial charge is 0.137 e. The number of nitrogens with one attached hydrogen (secondary N) is 1. The second-order valence-corrected chi connectivity index (χ2v) is 5.19. The van der Waals surface area contributed by atoms with E-state index in [4.69, 9.17) is 16.3 Å². The highest BCUT2D eigenvalue weighted by molar-refractivity contribution is 6.32. The highest BCUT2D eigenvalue weighted by Crippen LogP contribution is 2.25. The van der Waals surface area contributed by atoms with Crippen molar-refractivity contribution in [3.8, 4) is 5.75 Å². The maximum absolute atomic E-state index is 6.17. The molecule has 21 heavy (non-hydrogen) atoms. The first kappa shape index (κ1) is 17.8. The Labute approximate surface area is 137 Å². The van der Waals surface area contributed by atoms with E-state index in [1.807, 2.05) is 25.1 Å². The monoisotopic (exact) mass is 325 g/mol. The number of halogens is 2. The van der Waals surface area contributed by atoms with Crippen LogP contribution >= 0.6 is 24.0 Å². The molecule has 0 aliphatic rings. The van der Waals surface area contributed by atoms with Crippen LogP contribution in [0.4, 0.5) is 0 Å². The van der Waals surface area contributed by atoms with Crippen molar-refractivity contribution in [1.29, 1.82) is 0 Å². The lowest BCUT2D eigenvalue weighted by molar-refractivity contribution is 0.340. The first-order valence-electron chi connectivity index (χ1n) is 6.86. The molecule has 2 aromatic carbocycles. The lowest BCUT2D eigenvalue weighted by atomic mass is 10.1. The van der Waals surface area contributed by atoms with E-state index in [9.17, 15) is 0 Å². The van der Waals surface area contributed by atoms with Gasteiger partial charge >= 0.3 is 0 Å². The van der Waals surface area contributed by atoms with E-state index in [2.05, 4.69) is 36.5 Å². The molecule has 4 heteroatoms.